The molecule has 1 unspecified atom stereocenters. The predicted molar refractivity (Wildman–Crippen MR) is 72.0 cm³/mol. The Hall–Kier alpha value is -0.940. The van der Waals surface area contributed by atoms with Crippen molar-refractivity contribution in [3.8, 4) is 0 Å². The van der Waals surface area contributed by atoms with E-state index in [0.717, 1.165) is 38.3 Å². The summed E-state index contributed by atoms with van der Waals surface area (Å²) in [7, 11) is 0. The van der Waals surface area contributed by atoms with E-state index in [1.54, 1.807) is 6.33 Å². The number of hydrogen-bond donors (Lipinski definition) is 1. The van der Waals surface area contributed by atoms with E-state index in [2.05, 4.69) is 21.9 Å². The molecule has 1 fully saturated rings. The van der Waals surface area contributed by atoms with Crippen molar-refractivity contribution in [3.05, 3.63) is 12.2 Å². The molecular formula is C13H25N5. The van der Waals surface area contributed by atoms with E-state index in [-0.39, 0.29) is 0 Å². The summed E-state index contributed by atoms with van der Waals surface area (Å²) in [5.74, 6) is 1.11. The number of aryl methyl sites for hydroxylation is 1. The van der Waals surface area contributed by atoms with Crippen molar-refractivity contribution in [1.29, 1.82) is 0 Å². The SMILES string of the molecule is CCCn1ncnc1CN1CCCC1CCCN. The summed E-state index contributed by atoms with van der Waals surface area (Å²) in [5.41, 5.74) is 5.61. The lowest BCUT2D eigenvalue weighted by Gasteiger charge is -2.23. The van der Waals surface area contributed by atoms with Gasteiger partial charge in [0.15, 0.2) is 0 Å². The van der Waals surface area contributed by atoms with Crippen LogP contribution >= 0.6 is 0 Å². The van der Waals surface area contributed by atoms with Crippen molar-refractivity contribution in [1.82, 2.24) is 19.7 Å². The van der Waals surface area contributed by atoms with E-state index < -0.39 is 0 Å². The van der Waals surface area contributed by atoms with Crippen LogP contribution in [0.1, 0.15) is 44.9 Å². The monoisotopic (exact) mass is 251 g/mol. The Morgan fingerprint density at radius 2 is 2.39 bits per heavy atom. The highest BCUT2D eigenvalue weighted by Gasteiger charge is 2.25. The van der Waals surface area contributed by atoms with Gasteiger partial charge in [-0.05, 0) is 45.2 Å². The quantitative estimate of drug-likeness (QED) is 0.795. The van der Waals surface area contributed by atoms with Crippen LogP contribution < -0.4 is 5.73 Å². The van der Waals surface area contributed by atoms with Gasteiger partial charge in [-0.2, -0.15) is 5.10 Å². The van der Waals surface area contributed by atoms with Crippen LogP contribution in [0.4, 0.5) is 0 Å². The number of aromatic nitrogens is 3. The van der Waals surface area contributed by atoms with Gasteiger partial charge in [0.2, 0.25) is 0 Å². The van der Waals surface area contributed by atoms with E-state index in [1.165, 1.54) is 25.8 Å². The fourth-order valence-electron chi connectivity index (χ4n) is 2.77. The molecule has 2 N–H and O–H groups in total. The summed E-state index contributed by atoms with van der Waals surface area (Å²) in [6.07, 6.45) is 7.74. The highest BCUT2D eigenvalue weighted by Crippen LogP contribution is 2.22. The molecule has 0 bridgehead atoms. The molecule has 102 valence electrons. The van der Waals surface area contributed by atoms with Gasteiger partial charge in [0.25, 0.3) is 0 Å². The van der Waals surface area contributed by atoms with Crippen molar-refractivity contribution in [2.24, 2.45) is 5.73 Å². The van der Waals surface area contributed by atoms with E-state index in [9.17, 15) is 0 Å². The minimum atomic E-state index is 0.695. The lowest BCUT2D eigenvalue weighted by atomic mass is 10.1. The summed E-state index contributed by atoms with van der Waals surface area (Å²) >= 11 is 0. The summed E-state index contributed by atoms with van der Waals surface area (Å²) in [5, 5.41) is 4.29. The van der Waals surface area contributed by atoms with Gasteiger partial charge in [-0.15, -0.1) is 0 Å². The van der Waals surface area contributed by atoms with Crippen LogP contribution in [-0.2, 0) is 13.1 Å². The van der Waals surface area contributed by atoms with Gasteiger partial charge >= 0.3 is 0 Å². The molecule has 5 nitrogen and oxygen atoms in total. The second kappa shape index (κ2) is 6.85. The van der Waals surface area contributed by atoms with E-state index in [4.69, 9.17) is 5.73 Å². The predicted octanol–water partition coefficient (Wildman–Crippen LogP) is 1.39. The number of hydrogen-bond acceptors (Lipinski definition) is 4. The molecule has 2 rings (SSSR count). The molecule has 0 saturated carbocycles. The first-order valence-corrected chi connectivity index (χ1v) is 7.16. The Morgan fingerprint density at radius 3 is 3.17 bits per heavy atom. The fourth-order valence-corrected chi connectivity index (χ4v) is 2.77. The highest BCUT2D eigenvalue weighted by molar-refractivity contribution is 4.89. The van der Waals surface area contributed by atoms with Crippen LogP contribution in [0.5, 0.6) is 0 Å². The number of nitrogens with zero attached hydrogens (tertiary/aromatic N) is 4. The van der Waals surface area contributed by atoms with Gasteiger partial charge in [0.05, 0.1) is 6.54 Å². The average Bonchev–Trinajstić information content (AvgIpc) is 2.98. The molecule has 0 radical (unpaired) electrons. The first-order chi connectivity index (χ1) is 8.85. The number of nitrogens with two attached hydrogens (primary N) is 1. The summed E-state index contributed by atoms with van der Waals surface area (Å²) in [6, 6.07) is 0.695. The fraction of sp³-hybridized carbons (Fsp3) is 0.846. The van der Waals surface area contributed by atoms with Gasteiger partial charge in [0.1, 0.15) is 12.2 Å². The average molecular weight is 251 g/mol. The molecule has 5 heteroatoms. The standard InChI is InChI=1S/C13H25N5/c1-2-8-18-13(15-11-16-18)10-17-9-4-6-12(17)5-3-7-14/h11-12H,2-10,14H2,1H3. The Bertz CT molecular complexity index is 349. The third-order valence-electron chi connectivity index (χ3n) is 3.72. The molecule has 1 aliphatic rings. The zero-order valence-electron chi connectivity index (χ0n) is 11.4. The van der Waals surface area contributed by atoms with E-state index in [1.807, 2.05) is 4.68 Å². The maximum Gasteiger partial charge on any atom is 0.141 e. The molecule has 1 aromatic heterocycles. The Labute approximate surface area is 109 Å². The van der Waals surface area contributed by atoms with Crippen molar-refractivity contribution in [2.75, 3.05) is 13.1 Å². The molecule has 1 aromatic rings. The normalized spacial score (nSPS) is 20.7. The zero-order chi connectivity index (χ0) is 12.8. The smallest absolute Gasteiger partial charge is 0.141 e. The Morgan fingerprint density at radius 1 is 1.50 bits per heavy atom. The van der Waals surface area contributed by atoms with Gasteiger partial charge in [-0.25, -0.2) is 9.67 Å². The Balaban J connectivity index is 1.92. The summed E-state index contributed by atoms with van der Waals surface area (Å²) in [4.78, 5) is 6.95. The van der Waals surface area contributed by atoms with Crippen LogP contribution in [0.15, 0.2) is 6.33 Å². The maximum atomic E-state index is 5.61. The third kappa shape index (κ3) is 3.29. The van der Waals surface area contributed by atoms with Crippen molar-refractivity contribution >= 4 is 0 Å². The van der Waals surface area contributed by atoms with Gasteiger partial charge in [-0.3, -0.25) is 4.90 Å². The summed E-state index contributed by atoms with van der Waals surface area (Å²) < 4.78 is 2.04. The second-order valence-electron chi connectivity index (χ2n) is 5.10. The topological polar surface area (TPSA) is 60.0 Å². The van der Waals surface area contributed by atoms with Crippen molar-refractivity contribution < 1.29 is 0 Å². The van der Waals surface area contributed by atoms with Crippen molar-refractivity contribution in [3.63, 3.8) is 0 Å². The van der Waals surface area contributed by atoms with Gasteiger partial charge < -0.3 is 5.73 Å². The second-order valence-corrected chi connectivity index (χ2v) is 5.10. The van der Waals surface area contributed by atoms with Crippen LogP contribution in [0.2, 0.25) is 0 Å². The number of rotatable bonds is 7. The zero-order valence-corrected chi connectivity index (χ0v) is 11.4. The molecule has 2 heterocycles. The molecule has 18 heavy (non-hydrogen) atoms. The highest BCUT2D eigenvalue weighted by atomic mass is 15.3. The molecule has 0 aromatic carbocycles. The largest absolute Gasteiger partial charge is 0.330 e. The first-order valence-electron chi connectivity index (χ1n) is 7.16. The lowest BCUT2D eigenvalue weighted by Crippen LogP contribution is -2.30. The summed E-state index contributed by atoms with van der Waals surface area (Å²) in [6.45, 7) is 6.07. The maximum absolute atomic E-state index is 5.61. The lowest BCUT2D eigenvalue weighted by molar-refractivity contribution is 0.222. The van der Waals surface area contributed by atoms with Crippen molar-refractivity contribution in [2.45, 2.75) is 58.2 Å². The van der Waals surface area contributed by atoms with E-state index >= 15 is 0 Å². The van der Waals surface area contributed by atoms with Crippen LogP contribution in [0.3, 0.4) is 0 Å². The van der Waals surface area contributed by atoms with Gasteiger partial charge in [-0.1, -0.05) is 6.92 Å². The van der Waals surface area contributed by atoms with Crippen LogP contribution in [0.25, 0.3) is 0 Å². The minimum absolute atomic E-state index is 0.695. The van der Waals surface area contributed by atoms with Crippen LogP contribution in [0, 0.1) is 0 Å². The molecule has 0 spiro atoms. The molecule has 1 saturated heterocycles. The number of likely N-dealkylation sites (tertiary alicyclic amines) is 1. The van der Waals surface area contributed by atoms with E-state index in [0.29, 0.717) is 6.04 Å². The molecule has 1 atom stereocenters. The van der Waals surface area contributed by atoms with Crippen LogP contribution in [-0.4, -0.2) is 38.8 Å². The molecular weight excluding hydrogens is 226 g/mol. The first kappa shape index (κ1) is 13.5. The molecule has 0 amide bonds. The van der Waals surface area contributed by atoms with Gasteiger partial charge in [0, 0.05) is 12.6 Å². The third-order valence-corrected chi connectivity index (χ3v) is 3.72. The minimum Gasteiger partial charge on any atom is -0.330 e. The Kier molecular flexibility index (Phi) is 5.13. The molecule has 1 aliphatic heterocycles. The molecule has 0 aliphatic carbocycles.